The number of hydrogen-bond donors (Lipinski definition) is 3. The van der Waals surface area contributed by atoms with Crippen molar-refractivity contribution < 1.29 is 25.6 Å². The Morgan fingerprint density at radius 3 is 2.43 bits per heavy atom. The molecule has 0 aliphatic carbocycles. The van der Waals surface area contributed by atoms with E-state index in [4.69, 9.17) is 11.3 Å². The fourth-order valence-electron chi connectivity index (χ4n) is 1.37. The van der Waals surface area contributed by atoms with Crippen LogP contribution in [0, 0.1) is 0 Å². The fourth-order valence-corrected chi connectivity index (χ4v) is 1.37. The van der Waals surface area contributed by atoms with Crippen molar-refractivity contribution in [3.8, 4) is 0 Å². The summed E-state index contributed by atoms with van der Waals surface area (Å²) < 4.78 is 12.5. The predicted octanol–water partition coefficient (Wildman–Crippen LogP) is 0.891. The summed E-state index contributed by atoms with van der Waals surface area (Å²) in [6, 6.07) is 6.61. The Morgan fingerprint density at radius 2 is 1.86 bits per heavy atom. The third-order valence-electron chi connectivity index (χ3n) is 2.61. The molecule has 7 heteroatoms. The Hall–Kier alpha value is -2.57. The van der Waals surface area contributed by atoms with E-state index in [0.717, 1.165) is 5.56 Å². The third kappa shape index (κ3) is 5.94. The zero-order valence-corrected chi connectivity index (χ0v) is 11.8. The van der Waals surface area contributed by atoms with Gasteiger partial charge in [-0.2, -0.15) is 0 Å². The lowest BCUT2D eigenvalue weighted by atomic mass is 10.2. The van der Waals surface area contributed by atoms with Gasteiger partial charge in [0.1, 0.15) is 18.7 Å². The average Bonchev–Trinajstić information content (AvgIpc) is 2.51. The van der Waals surface area contributed by atoms with Gasteiger partial charge in [-0.3, -0.25) is 9.59 Å². The first-order valence-electron chi connectivity index (χ1n) is 6.79. The van der Waals surface area contributed by atoms with Crippen LogP contribution in [0.15, 0.2) is 30.3 Å². The lowest BCUT2D eigenvalue weighted by Gasteiger charge is -2.16. The van der Waals surface area contributed by atoms with Crippen LogP contribution in [0.4, 0.5) is 4.79 Å². The number of nitrogens with one attached hydrogen (secondary N) is 2. The normalized spacial score (nSPS) is 13.5. The van der Waals surface area contributed by atoms with Crippen molar-refractivity contribution in [1.29, 1.82) is 0 Å². The molecule has 0 bridgehead atoms. The average molecular weight is 295 g/mol. The molecule has 1 aromatic rings. The van der Waals surface area contributed by atoms with Crippen molar-refractivity contribution in [1.82, 2.24) is 10.6 Å². The first-order valence-corrected chi connectivity index (χ1v) is 6.35. The van der Waals surface area contributed by atoms with Crippen LogP contribution in [0.2, 0.25) is 1.41 Å². The minimum absolute atomic E-state index is 0.0189. The first kappa shape index (κ1) is 14.8. The summed E-state index contributed by atoms with van der Waals surface area (Å²) in [7, 11) is 0. The summed E-state index contributed by atoms with van der Waals surface area (Å²) in [4.78, 5) is 34.1. The maximum atomic E-state index is 11.7. The minimum atomic E-state index is -1.20. The van der Waals surface area contributed by atoms with E-state index in [1.54, 1.807) is 24.3 Å². The molecule has 114 valence electrons. The molecule has 0 unspecified atom stereocenters. The van der Waals surface area contributed by atoms with Gasteiger partial charge in [0.15, 0.2) is 1.41 Å². The number of benzene rings is 1. The van der Waals surface area contributed by atoms with Crippen LogP contribution in [-0.2, 0) is 20.9 Å². The Bertz CT molecular complexity index is 537. The van der Waals surface area contributed by atoms with Crippen molar-refractivity contribution in [2.75, 3.05) is 0 Å². The number of ether oxygens (including phenoxy) is 1. The predicted molar refractivity (Wildman–Crippen MR) is 74.5 cm³/mol. The summed E-state index contributed by atoms with van der Waals surface area (Å²) in [5.41, 5.74) is 0.751. The lowest BCUT2D eigenvalue weighted by molar-refractivity contribution is -0.141. The molecule has 0 spiro atoms. The summed E-state index contributed by atoms with van der Waals surface area (Å²) >= 11 is 0. The van der Waals surface area contributed by atoms with E-state index >= 15 is 0 Å². The van der Waals surface area contributed by atoms with Gasteiger partial charge in [0.2, 0.25) is 5.91 Å². The highest BCUT2D eigenvalue weighted by Crippen LogP contribution is 2.00. The monoisotopic (exact) mass is 295 g/mol. The van der Waals surface area contributed by atoms with Gasteiger partial charge in [-0.05, 0) is 19.4 Å². The number of hydrogen-bond acceptors (Lipinski definition) is 4. The standard InChI is InChI=1S/C14H18N2O5/c1-9(12(17)15-10(2)13(18)19)16-14(20)21-8-11-6-4-3-5-7-11/h3-7,9-10H,8H2,1-2H3,(H,15,17)(H,16,20)(H,18,19)/t9-,10+/m1/s1/i/hD. The molecule has 0 saturated heterocycles. The number of rotatable bonds is 6. The highest BCUT2D eigenvalue weighted by molar-refractivity contribution is 5.88. The molecule has 1 rings (SSSR count). The molecular formula is C14H18N2O5. The fraction of sp³-hybridized carbons (Fsp3) is 0.357. The summed E-state index contributed by atoms with van der Waals surface area (Å²) in [5.74, 6) is -1.95. The van der Waals surface area contributed by atoms with Crippen LogP contribution in [0.5, 0.6) is 0 Å². The summed E-state index contributed by atoms with van der Waals surface area (Å²) in [6.07, 6.45) is -0.991. The second-order valence-corrected chi connectivity index (χ2v) is 4.41. The van der Waals surface area contributed by atoms with Crippen LogP contribution in [0.25, 0.3) is 0 Å². The molecule has 21 heavy (non-hydrogen) atoms. The molecule has 2 amide bonds. The quantitative estimate of drug-likeness (QED) is 0.723. The molecular weight excluding hydrogens is 276 g/mol. The van der Waals surface area contributed by atoms with Crippen molar-refractivity contribution in [2.24, 2.45) is 0 Å². The van der Waals surface area contributed by atoms with E-state index in [0.29, 0.717) is 5.31 Å². The highest BCUT2D eigenvalue weighted by atomic mass is 16.5. The Morgan fingerprint density at radius 1 is 1.24 bits per heavy atom. The van der Waals surface area contributed by atoms with Crippen LogP contribution in [0.3, 0.4) is 0 Å². The van der Waals surface area contributed by atoms with Gasteiger partial charge in [-0.1, -0.05) is 30.3 Å². The smallest absolute Gasteiger partial charge is 0.408 e. The molecule has 0 fully saturated rings. The topological polar surface area (TPSA) is 105 Å². The Balaban J connectivity index is 2.51. The number of carbonyl (C=O) groups excluding carboxylic acids is 2. The minimum Gasteiger partial charge on any atom is -0.480 e. The van der Waals surface area contributed by atoms with Gasteiger partial charge in [0.25, 0.3) is 0 Å². The van der Waals surface area contributed by atoms with Crippen LogP contribution in [0.1, 0.15) is 19.4 Å². The first-order chi connectivity index (χ1) is 10.3. The molecule has 1 aromatic carbocycles. The lowest BCUT2D eigenvalue weighted by Crippen LogP contribution is -2.49. The molecule has 2 atom stereocenters. The molecule has 7 nitrogen and oxygen atoms in total. The molecule has 0 aromatic heterocycles. The van der Waals surface area contributed by atoms with Gasteiger partial charge >= 0.3 is 12.1 Å². The van der Waals surface area contributed by atoms with E-state index in [1.807, 2.05) is 6.07 Å². The van der Waals surface area contributed by atoms with Crippen LogP contribution >= 0.6 is 0 Å². The second-order valence-electron chi connectivity index (χ2n) is 4.41. The second kappa shape index (κ2) is 7.88. The molecule has 0 radical (unpaired) electrons. The van der Waals surface area contributed by atoms with Crippen LogP contribution in [-0.4, -0.2) is 35.2 Å². The summed E-state index contributed by atoms with van der Waals surface area (Å²) in [5, 5.41) is 11.3. The van der Waals surface area contributed by atoms with E-state index < -0.39 is 30.1 Å². The van der Waals surface area contributed by atoms with E-state index in [1.165, 1.54) is 13.8 Å². The molecule has 0 saturated carbocycles. The van der Waals surface area contributed by atoms with Crippen molar-refractivity contribution >= 4 is 18.0 Å². The molecule has 0 aliphatic heterocycles. The summed E-state index contributed by atoms with van der Waals surface area (Å²) in [6.45, 7) is 2.57. The maximum Gasteiger partial charge on any atom is 0.408 e. The third-order valence-corrected chi connectivity index (χ3v) is 2.61. The number of carboxylic acids is 1. The molecule has 0 heterocycles. The molecule has 0 aliphatic rings. The van der Waals surface area contributed by atoms with Crippen molar-refractivity contribution in [3.63, 3.8) is 0 Å². The Kier molecular flexibility index (Phi) is 5.57. The number of aliphatic carboxylic acids is 1. The highest BCUT2D eigenvalue weighted by Gasteiger charge is 2.20. The van der Waals surface area contributed by atoms with Gasteiger partial charge < -0.3 is 20.5 Å². The van der Waals surface area contributed by atoms with Crippen molar-refractivity contribution in [3.05, 3.63) is 35.9 Å². The van der Waals surface area contributed by atoms with E-state index in [2.05, 4.69) is 5.32 Å². The van der Waals surface area contributed by atoms with E-state index in [9.17, 15) is 14.4 Å². The number of alkyl carbamates (subject to hydrolysis) is 1. The van der Waals surface area contributed by atoms with Crippen LogP contribution < -0.4 is 10.6 Å². The maximum absolute atomic E-state index is 11.7. The Labute approximate surface area is 123 Å². The molecule has 3 N–H and O–H groups in total. The van der Waals surface area contributed by atoms with Gasteiger partial charge in [0, 0.05) is 0 Å². The number of amides is 2. The number of carbonyl (C=O) groups is 3. The van der Waals surface area contributed by atoms with Gasteiger partial charge in [-0.15, -0.1) is 0 Å². The zero-order valence-electron chi connectivity index (χ0n) is 12.8. The van der Waals surface area contributed by atoms with Gasteiger partial charge in [0.05, 0.1) is 0 Å². The van der Waals surface area contributed by atoms with E-state index in [-0.39, 0.29) is 6.61 Å². The van der Waals surface area contributed by atoms with Gasteiger partial charge in [-0.25, -0.2) is 4.79 Å². The van der Waals surface area contributed by atoms with Crippen molar-refractivity contribution in [2.45, 2.75) is 32.5 Å². The zero-order chi connectivity index (χ0) is 16.7. The largest absolute Gasteiger partial charge is 0.480 e. The number of carboxylic acid groups (broad SMARTS) is 1. The SMILES string of the molecule is [2H]N(C(=O)OCc1ccccc1)[C@H](C)C(=O)N[C@@H](C)C(=O)O.